The average molecular weight is 248 g/mol. The molecule has 1 aromatic carbocycles. The Morgan fingerprint density at radius 1 is 0.778 bits per heavy atom. The fourth-order valence-electron chi connectivity index (χ4n) is 2.07. The number of amides is 2. The van der Waals surface area contributed by atoms with Crippen molar-refractivity contribution in [3.05, 3.63) is 24.3 Å². The Bertz CT molecular complexity index is 440. The van der Waals surface area contributed by atoms with Crippen LogP contribution in [0.5, 0.6) is 0 Å². The maximum Gasteiger partial charge on any atom is 0.414 e. The van der Waals surface area contributed by atoms with Crippen LogP contribution in [0.25, 0.3) is 0 Å². The van der Waals surface area contributed by atoms with Gasteiger partial charge in [0, 0.05) is 11.4 Å². The van der Waals surface area contributed by atoms with Crippen molar-refractivity contribution in [2.75, 3.05) is 36.1 Å². The van der Waals surface area contributed by atoms with Gasteiger partial charge >= 0.3 is 12.2 Å². The van der Waals surface area contributed by atoms with Gasteiger partial charge in [-0.1, -0.05) is 0 Å². The minimum absolute atomic E-state index is 0.330. The van der Waals surface area contributed by atoms with Gasteiger partial charge in [-0.25, -0.2) is 9.59 Å². The lowest BCUT2D eigenvalue weighted by molar-refractivity contribution is 0.180. The zero-order chi connectivity index (χ0) is 12.5. The van der Waals surface area contributed by atoms with Gasteiger partial charge in [0.25, 0.3) is 0 Å². The topological polar surface area (TPSA) is 59.1 Å². The highest BCUT2D eigenvalue weighted by Crippen LogP contribution is 2.24. The number of nitrogens with zero attached hydrogens (tertiary/aromatic N) is 2. The molecule has 2 heterocycles. The number of hydrogen-bond donors (Lipinski definition) is 0. The smallest absolute Gasteiger partial charge is 0.414 e. The predicted octanol–water partition coefficient (Wildman–Crippen LogP) is 1.60. The zero-order valence-electron chi connectivity index (χ0n) is 9.67. The van der Waals surface area contributed by atoms with Crippen LogP contribution < -0.4 is 9.80 Å². The summed E-state index contributed by atoms with van der Waals surface area (Å²) in [5, 5.41) is 0. The molecule has 2 aliphatic rings. The van der Waals surface area contributed by atoms with Crippen molar-refractivity contribution in [2.24, 2.45) is 0 Å². The molecule has 2 fully saturated rings. The molecule has 6 nitrogen and oxygen atoms in total. The first-order valence-electron chi connectivity index (χ1n) is 5.74. The summed E-state index contributed by atoms with van der Waals surface area (Å²) in [5.41, 5.74) is 1.54. The number of ether oxygens (including phenoxy) is 2. The van der Waals surface area contributed by atoms with E-state index in [1.54, 1.807) is 34.1 Å². The quantitative estimate of drug-likeness (QED) is 0.797. The normalized spacial score (nSPS) is 19.1. The molecule has 0 bridgehead atoms. The van der Waals surface area contributed by atoms with Crippen LogP contribution in [-0.2, 0) is 9.47 Å². The van der Waals surface area contributed by atoms with Gasteiger partial charge in [0.2, 0.25) is 0 Å². The standard InChI is InChI=1S/C12H12N2O4/c15-11-13(5-7-17-11)9-1-2-10(4-3-9)14-6-8-18-12(14)16/h1-4H,5-8H2. The van der Waals surface area contributed by atoms with E-state index in [-0.39, 0.29) is 12.2 Å². The molecule has 0 aromatic heterocycles. The molecule has 0 aliphatic carbocycles. The lowest BCUT2D eigenvalue weighted by Crippen LogP contribution is -2.25. The van der Waals surface area contributed by atoms with E-state index < -0.39 is 0 Å². The Hall–Kier alpha value is -2.24. The van der Waals surface area contributed by atoms with E-state index in [1.807, 2.05) is 0 Å². The van der Waals surface area contributed by atoms with Gasteiger partial charge in [-0.05, 0) is 24.3 Å². The highest BCUT2D eigenvalue weighted by molar-refractivity contribution is 5.91. The van der Waals surface area contributed by atoms with Crippen molar-refractivity contribution in [1.82, 2.24) is 0 Å². The second-order valence-corrected chi connectivity index (χ2v) is 4.05. The maximum atomic E-state index is 11.4. The second kappa shape index (κ2) is 4.21. The van der Waals surface area contributed by atoms with Crippen molar-refractivity contribution in [3.8, 4) is 0 Å². The van der Waals surface area contributed by atoms with E-state index in [0.29, 0.717) is 26.3 Å². The number of benzene rings is 1. The summed E-state index contributed by atoms with van der Waals surface area (Å²) < 4.78 is 9.74. The minimum Gasteiger partial charge on any atom is -0.447 e. The largest absolute Gasteiger partial charge is 0.447 e. The third-order valence-corrected chi connectivity index (χ3v) is 2.99. The maximum absolute atomic E-state index is 11.4. The summed E-state index contributed by atoms with van der Waals surface area (Å²) in [6, 6.07) is 7.20. The van der Waals surface area contributed by atoms with Crippen LogP contribution in [0.15, 0.2) is 24.3 Å². The van der Waals surface area contributed by atoms with Crippen LogP contribution in [0, 0.1) is 0 Å². The van der Waals surface area contributed by atoms with Crippen molar-refractivity contribution >= 4 is 23.6 Å². The van der Waals surface area contributed by atoms with E-state index in [0.717, 1.165) is 11.4 Å². The summed E-state index contributed by atoms with van der Waals surface area (Å²) in [4.78, 5) is 25.9. The number of cyclic esters (lactones) is 2. The number of rotatable bonds is 2. The molecule has 2 saturated heterocycles. The molecule has 0 N–H and O–H groups in total. The molecular formula is C12H12N2O4. The van der Waals surface area contributed by atoms with Crippen molar-refractivity contribution in [1.29, 1.82) is 0 Å². The monoisotopic (exact) mass is 248 g/mol. The van der Waals surface area contributed by atoms with E-state index in [9.17, 15) is 9.59 Å². The number of carbonyl (C=O) groups is 2. The SMILES string of the molecule is O=C1OCCN1c1ccc(N2CCOC2=O)cc1. The summed E-state index contributed by atoms with van der Waals surface area (Å²) in [6.07, 6.45) is -0.660. The Kier molecular flexibility index (Phi) is 2.55. The molecule has 94 valence electrons. The Labute approximate surface area is 104 Å². The number of hydrogen-bond acceptors (Lipinski definition) is 4. The molecular weight excluding hydrogens is 236 g/mol. The lowest BCUT2D eigenvalue weighted by atomic mass is 10.2. The zero-order valence-corrected chi connectivity index (χ0v) is 9.67. The summed E-state index contributed by atoms with van der Waals surface area (Å²) in [5.74, 6) is 0. The molecule has 6 heteroatoms. The molecule has 3 rings (SSSR count). The molecule has 0 unspecified atom stereocenters. The third-order valence-electron chi connectivity index (χ3n) is 2.99. The second-order valence-electron chi connectivity index (χ2n) is 4.05. The van der Waals surface area contributed by atoms with Crippen LogP contribution in [0.3, 0.4) is 0 Å². The van der Waals surface area contributed by atoms with Crippen molar-refractivity contribution in [3.63, 3.8) is 0 Å². The Morgan fingerprint density at radius 3 is 1.44 bits per heavy atom. The molecule has 2 aliphatic heterocycles. The Morgan fingerprint density at radius 2 is 1.17 bits per heavy atom. The fraction of sp³-hybridized carbons (Fsp3) is 0.333. The van der Waals surface area contributed by atoms with Gasteiger partial charge in [0.15, 0.2) is 0 Å². The van der Waals surface area contributed by atoms with E-state index in [4.69, 9.17) is 9.47 Å². The number of carbonyl (C=O) groups excluding carboxylic acids is 2. The Balaban J connectivity index is 1.80. The lowest BCUT2D eigenvalue weighted by Gasteiger charge is -2.16. The van der Waals surface area contributed by atoms with Gasteiger partial charge in [0.05, 0.1) is 13.1 Å². The van der Waals surface area contributed by atoms with Crippen molar-refractivity contribution in [2.45, 2.75) is 0 Å². The first kappa shape index (κ1) is 10.9. The first-order chi connectivity index (χ1) is 8.75. The predicted molar refractivity (Wildman–Crippen MR) is 63.8 cm³/mol. The summed E-state index contributed by atoms with van der Waals surface area (Å²) in [6.45, 7) is 1.95. The van der Waals surface area contributed by atoms with Crippen LogP contribution in [0.4, 0.5) is 21.0 Å². The van der Waals surface area contributed by atoms with E-state index >= 15 is 0 Å². The molecule has 0 atom stereocenters. The van der Waals surface area contributed by atoms with Crippen LogP contribution >= 0.6 is 0 Å². The van der Waals surface area contributed by atoms with Gasteiger partial charge < -0.3 is 9.47 Å². The molecule has 2 amide bonds. The summed E-state index contributed by atoms with van der Waals surface area (Å²) in [7, 11) is 0. The van der Waals surface area contributed by atoms with E-state index in [2.05, 4.69) is 0 Å². The van der Waals surface area contributed by atoms with Gasteiger partial charge in [-0.2, -0.15) is 0 Å². The minimum atomic E-state index is -0.330. The third kappa shape index (κ3) is 1.75. The van der Waals surface area contributed by atoms with Gasteiger partial charge in [-0.3, -0.25) is 9.80 Å². The van der Waals surface area contributed by atoms with E-state index in [1.165, 1.54) is 0 Å². The van der Waals surface area contributed by atoms with Crippen molar-refractivity contribution < 1.29 is 19.1 Å². The molecule has 1 aromatic rings. The highest BCUT2D eigenvalue weighted by Gasteiger charge is 2.25. The van der Waals surface area contributed by atoms with Crippen LogP contribution in [0.2, 0.25) is 0 Å². The average Bonchev–Trinajstić information content (AvgIpc) is 2.98. The summed E-state index contributed by atoms with van der Waals surface area (Å²) >= 11 is 0. The van der Waals surface area contributed by atoms with Gasteiger partial charge in [-0.15, -0.1) is 0 Å². The van der Waals surface area contributed by atoms with Gasteiger partial charge in [0.1, 0.15) is 13.2 Å². The number of anilines is 2. The molecule has 0 radical (unpaired) electrons. The molecule has 0 spiro atoms. The van der Waals surface area contributed by atoms with Crippen LogP contribution in [0.1, 0.15) is 0 Å². The highest BCUT2D eigenvalue weighted by atomic mass is 16.6. The first-order valence-corrected chi connectivity index (χ1v) is 5.74. The molecule has 0 saturated carbocycles. The van der Waals surface area contributed by atoms with Crippen LogP contribution in [-0.4, -0.2) is 38.5 Å². The fourth-order valence-corrected chi connectivity index (χ4v) is 2.07. The molecule has 18 heavy (non-hydrogen) atoms.